The molecule has 0 unspecified atom stereocenters. The van der Waals surface area contributed by atoms with Crippen LogP contribution in [0.4, 0.5) is 4.79 Å². The summed E-state index contributed by atoms with van der Waals surface area (Å²) in [6, 6.07) is 18.9. The average molecular weight is 381 g/mol. The molecule has 1 saturated heterocycles. The second-order valence-corrected chi connectivity index (χ2v) is 7.88. The van der Waals surface area contributed by atoms with Gasteiger partial charge in [-0.3, -0.25) is 0 Å². The molecule has 2 aromatic carbocycles. The van der Waals surface area contributed by atoms with Crippen molar-refractivity contribution in [3.8, 4) is 0 Å². The van der Waals surface area contributed by atoms with Gasteiger partial charge in [0.05, 0.1) is 6.54 Å². The topological polar surface area (TPSA) is 41.6 Å². The lowest BCUT2D eigenvalue weighted by atomic mass is 10.0. The molecule has 1 aliphatic heterocycles. The molecule has 3 aromatic rings. The Hall–Kier alpha value is -2.37. The Morgan fingerprint density at radius 3 is 2.70 bits per heavy atom. The number of hydrogen-bond acceptors (Lipinski definition) is 3. The summed E-state index contributed by atoms with van der Waals surface area (Å²) >= 11 is 1.70. The second-order valence-electron chi connectivity index (χ2n) is 6.85. The number of thiophene rings is 1. The normalized spacial score (nSPS) is 15.0. The second kappa shape index (κ2) is 8.55. The number of carbonyl (C=O) groups excluding carboxylic acids is 1. The Morgan fingerprint density at radius 1 is 1.07 bits per heavy atom. The third-order valence-electron chi connectivity index (χ3n) is 5.11. The Balaban J connectivity index is 1.49. The van der Waals surface area contributed by atoms with Crippen molar-refractivity contribution >= 4 is 28.1 Å². The van der Waals surface area contributed by atoms with Crippen LogP contribution in [0.25, 0.3) is 10.8 Å². The van der Waals surface area contributed by atoms with Crippen LogP contribution in [0.1, 0.15) is 23.3 Å². The lowest BCUT2D eigenvalue weighted by molar-refractivity contribution is 0.0439. The van der Waals surface area contributed by atoms with E-state index >= 15 is 0 Å². The quantitative estimate of drug-likeness (QED) is 0.691. The van der Waals surface area contributed by atoms with Gasteiger partial charge in [-0.15, -0.1) is 11.3 Å². The molecule has 2 heterocycles. The smallest absolute Gasteiger partial charge is 0.318 e. The molecule has 1 aliphatic rings. The third kappa shape index (κ3) is 4.31. The van der Waals surface area contributed by atoms with E-state index in [0.717, 1.165) is 31.6 Å². The molecule has 1 N–H and O–H groups in total. The average Bonchev–Trinajstić information content (AvgIpc) is 3.24. The number of nitrogens with zero attached hydrogens (tertiary/aromatic N) is 1. The molecule has 1 aromatic heterocycles. The molecule has 5 heteroatoms. The van der Waals surface area contributed by atoms with Crippen LogP contribution in [0.5, 0.6) is 0 Å². The van der Waals surface area contributed by atoms with E-state index in [2.05, 4.69) is 41.0 Å². The summed E-state index contributed by atoms with van der Waals surface area (Å²) in [7, 11) is 0. The van der Waals surface area contributed by atoms with E-state index in [9.17, 15) is 4.79 Å². The number of fused-ring (bicyclic) bond motifs is 1. The number of rotatable bonds is 5. The van der Waals surface area contributed by atoms with Crippen molar-refractivity contribution in [1.29, 1.82) is 0 Å². The number of ether oxygens (including phenoxy) is 1. The van der Waals surface area contributed by atoms with Crippen LogP contribution >= 0.6 is 11.3 Å². The molecule has 0 atom stereocenters. The van der Waals surface area contributed by atoms with Crippen molar-refractivity contribution in [3.05, 3.63) is 70.4 Å². The first-order valence-corrected chi connectivity index (χ1v) is 10.3. The summed E-state index contributed by atoms with van der Waals surface area (Å²) < 4.78 is 5.49. The zero-order chi connectivity index (χ0) is 18.5. The number of hydrogen-bond donors (Lipinski definition) is 1. The van der Waals surface area contributed by atoms with Gasteiger partial charge in [0.2, 0.25) is 0 Å². The standard InChI is InChI=1S/C22H24N2O2S/c25-22(23-15-18-7-3-6-17-5-1-2-9-21(17)18)24(16-20-8-4-14-27-20)19-10-12-26-13-11-19/h1-9,14,19H,10-13,15-16H2,(H,23,25). The summed E-state index contributed by atoms with van der Waals surface area (Å²) in [5.41, 5.74) is 1.14. The van der Waals surface area contributed by atoms with Crippen LogP contribution in [-0.4, -0.2) is 30.2 Å². The fraction of sp³-hybridized carbons (Fsp3) is 0.318. The number of amides is 2. The van der Waals surface area contributed by atoms with Gasteiger partial charge in [-0.05, 0) is 40.6 Å². The summed E-state index contributed by atoms with van der Waals surface area (Å²) in [6.07, 6.45) is 1.79. The molecule has 0 aliphatic carbocycles. The fourth-order valence-corrected chi connectivity index (χ4v) is 4.36. The van der Waals surface area contributed by atoms with Gasteiger partial charge < -0.3 is 15.0 Å². The van der Waals surface area contributed by atoms with Gasteiger partial charge in [0.15, 0.2) is 0 Å². The lowest BCUT2D eigenvalue weighted by Crippen LogP contribution is -2.47. The largest absolute Gasteiger partial charge is 0.381 e. The van der Waals surface area contributed by atoms with E-state index in [1.807, 2.05) is 29.2 Å². The van der Waals surface area contributed by atoms with Gasteiger partial charge in [0.25, 0.3) is 0 Å². The van der Waals surface area contributed by atoms with E-state index in [-0.39, 0.29) is 12.1 Å². The Bertz CT molecular complexity index is 883. The monoisotopic (exact) mass is 380 g/mol. The van der Waals surface area contributed by atoms with Gasteiger partial charge in [-0.25, -0.2) is 4.79 Å². The van der Waals surface area contributed by atoms with Crippen LogP contribution in [0.3, 0.4) is 0 Å². The number of benzene rings is 2. The molecule has 0 spiro atoms. The summed E-state index contributed by atoms with van der Waals surface area (Å²) in [6.45, 7) is 2.64. The molecule has 1 fully saturated rings. The van der Waals surface area contributed by atoms with Crippen molar-refractivity contribution in [2.45, 2.75) is 32.0 Å². The van der Waals surface area contributed by atoms with E-state index in [4.69, 9.17) is 4.74 Å². The van der Waals surface area contributed by atoms with Crippen LogP contribution in [0, 0.1) is 0 Å². The minimum Gasteiger partial charge on any atom is -0.381 e. The first-order chi connectivity index (χ1) is 13.3. The number of nitrogens with one attached hydrogen (secondary N) is 1. The number of urea groups is 1. The van der Waals surface area contributed by atoms with Crippen molar-refractivity contribution in [1.82, 2.24) is 10.2 Å². The van der Waals surface area contributed by atoms with E-state index in [0.29, 0.717) is 13.1 Å². The van der Waals surface area contributed by atoms with Crippen molar-refractivity contribution in [2.24, 2.45) is 0 Å². The van der Waals surface area contributed by atoms with Gasteiger partial charge >= 0.3 is 6.03 Å². The van der Waals surface area contributed by atoms with Crippen molar-refractivity contribution in [2.75, 3.05) is 13.2 Å². The first-order valence-electron chi connectivity index (χ1n) is 9.42. The highest BCUT2D eigenvalue weighted by Crippen LogP contribution is 2.21. The highest BCUT2D eigenvalue weighted by molar-refractivity contribution is 7.09. The van der Waals surface area contributed by atoms with E-state index in [1.54, 1.807) is 11.3 Å². The summed E-state index contributed by atoms with van der Waals surface area (Å²) in [4.78, 5) is 16.3. The van der Waals surface area contributed by atoms with Gasteiger partial charge in [-0.1, -0.05) is 48.5 Å². The maximum absolute atomic E-state index is 13.1. The Labute approximate surface area is 163 Å². The first kappa shape index (κ1) is 18.0. The molecule has 2 amide bonds. The van der Waals surface area contributed by atoms with E-state index in [1.165, 1.54) is 15.6 Å². The Kier molecular flexibility index (Phi) is 5.70. The molecule has 4 nitrogen and oxygen atoms in total. The predicted octanol–water partition coefficient (Wildman–Crippen LogP) is 4.79. The Morgan fingerprint density at radius 2 is 1.89 bits per heavy atom. The minimum absolute atomic E-state index is 0.00299. The van der Waals surface area contributed by atoms with Crippen LogP contribution in [-0.2, 0) is 17.8 Å². The van der Waals surface area contributed by atoms with E-state index < -0.39 is 0 Å². The highest BCUT2D eigenvalue weighted by Gasteiger charge is 2.26. The molecular weight excluding hydrogens is 356 g/mol. The summed E-state index contributed by atoms with van der Waals surface area (Å²) in [5.74, 6) is 0. The lowest BCUT2D eigenvalue weighted by Gasteiger charge is -2.34. The summed E-state index contributed by atoms with van der Waals surface area (Å²) in [5, 5.41) is 7.60. The van der Waals surface area contributed by atoms with Gasteiger partial charge in [0.1, 0.15) is 0 Å². The van der Waals surface area contributed by atoms with Crippen LogP contribution in [0.15, 0.2) is 60.0 Å². The molecule has 27 heavy (non-hydrogen) atoms. The highest BCUT2D eigenvalue weighted by atomic mass is 32.1. The molecule has 4 rings (SSSR count). The van der Waals surface area contributed by atoms with Gasteiger partial charge in [-0.2, -0.15) is 0 Å². The molecular formula is C22H24N2O2S. The number of carbonyl (C=O) groups is 1. The minimum atomic E-state index is 0.00299. The zero-order valence-corrected chi connectivity index (χ0v) is 16.1. The predicted molar refractivity (Wildman–Crippen MR) is 110 cm³/mol. The third-order valence-corrected chi connectivity index (χ3v) is 5.97. The SMILES string of the molecule is O=C(NCc1cccc2ccccc12)N(Cc1cccs1)C1CCOCC1. The van der Waals surface area contributed by atoms with Crippen LogP contribution < -0.4 is 5.32 Å². The fourth-order valence-electron chi connectivity index (χ4n) is 3.65. The van der Waals surface area contributed by atoms with Crippen molar-refractivity contribution in [3.63, 3.8) is 0 Å². The van der Waals surface area contributed by atoms with Crippen LogP contribution in [0.2, 0.25) is 0 Å². The maximum atomic E-state index is 13.1. The van der Waals surface area contributed by atoms with Crippen molar-refractivity contribution < 1.29 is 9.53 Å². The molecule has 0 saturated carbocycles. The zero-order valence-electron chi connectivity index (χ0n) is 15.3. The molecule has 0 bridgehead atoms. The van der Waals surface area contributed by atoms with Gasteiger partial charge in [0, 0.05) is 30.7 Å². The molecule has 140 valence electrons. The maximum Gasteiger partial charge on any atom is 0.318 e. The molecule has 0 radical (unpaired) electrons.